The molecule has 0 heteroatoms. The van der Waals surface area contributed by atoms with Crippen molar-refractivity contribution < 1.29 is 0 Å². The zero-order chi connectivity index (χ0) is 7.98. The third-order valence-electron chi connectivity index (χ3n) is 1.56. The first-order chi connectivity index (χ1) is 4.76. The molecule has 56 valence electrons. The highest BCUT2D eigenvalue weighted by molar-refractivity contribution is 5.30. The first-order valence-corrected chi connectivity index (χ1v) is 3.71. The van der Waals surface area contributed by atoms with E-state index >= 15 is 0 Å². The summed E-state index contributed by atoms with van der Waals surface area (Å²) >= 11 is 0. The van der Waals surface area contributed by atoms with E-state index in [4.69, 9.17) is 0 Å². The molecule has 10 heavy (non-hydrogen) atoms. The first kappa shape index (κ1) is 9.22. The first-order valence-electron chi connectivity index (χ1n) is 3.71. The van der Waals surface area contributed by atoms with Crippen LogP contribution < -0.4 is 0 Å². The summed E-state index contributed by atoms with van der Waals surface area (Å²) in [6.45, 7) is 10.00. The lowest BCUT2D eigenvalue weighted by Crippen LogP contribution is -1.78. The van der Waals surface area contributed by atoms with Crippen LogP contribution in [-0.2, 0) is 0 Å². The van der Waals surface area contributed by atoms with Gasteiger partial charge in [0, 0.05) is 0 Å². The van der Waals surface area contributed by atoms with Gasteiger partial charge in [-0.3, -0.25) is 0 Å². The van der Waals surface area contributed by atoms with Crippen LogP contribution in [0.4, 0.5) is 0 Å². The van der Waals surface area contributed by atoms with Gasteiger partial charge < -0.3 is 0 Å². The standard InChI is InChI=1S/C10H16/c1-5-8-10(7-3)9(4)6-2/h5-6,8H,2,7H2,1,3-4H3/b8-5+,10-9-. The van der Waals surface area contributed by atoms with E-state index in [2.05, 4.69) is 32.6 Å². The molecular formula is C10H16. The van der Waals surface area contributed by atoms with E-state index in [1.54, 1.807) is 0 Å². The largest absolute Gasteiger partial charge is 0.0988 e. The summed E-state index contributed by atoms with van der Waals surface area (Å²) in [5.41, 5.74) is 2.65. The molecule has 0 rings (SSSR count). The second kappa shape index (κ2) is 5.04. The summed E-state index contributed by atoms with van der Waals surface area (Å²) in [5, 5.41) is 0. The molecule has 0 heterocycles. The second-order valence-corrected chi connectivity index (χ2v) is 2.27. The van der Waals surface area contributed by atoms with Crippen LogP contribution in [-0.4, -0.2) is 0 Å². The molecular weight excluding hydrogens is 120 g/mol. The van der Waals surface area contributed by atoms with Gasteiger partial charge in [-0.1, -0.05) is 31.7 Å². The normalized spacial score (nSPS) is 13.5. The highest BCUT2D eigenvalue weighted by atomic mass is 14.0. The summed E-state index contributed by atoms with van der Waals surface area (Å²) in [6.07, 6.45) is 7.18. The lowest BCUT2D eigenvalue weighted by Gasteiger charge is -1.99. The Morgan fingerprint density at radius 2 is 2.10 bits per heavy atom. The molecule has 0 nitrogen and oxygen atoms in total. The number of allylic oxidation sites excluding steroid dienone is 5. The Labute approximate surface area is 64.0 Å². The summed E-state index contributed by atoms with van der Waals surface area (Å²) in [4.78, 5) is 0. The molecule has 0 bridgehead atoms. The van der Waals surface area contributed by atoms with Crippen molar-refractivity contribution in [2.45, 2.75) is 27.2 Å². The van der Waals surface area contributed by atoms with Crippen molar-refractivity contribution in [1.29, 1.82) is 0 Å². The predicted octanol–water partition coefficient (Wildman–Crippen LogP) is 3.48. The van der Waals surface area contributed by atoms with E-state index in [0.717, 1.165) is 6.42 Å². The monoisotopic (exact) mass is 136 g/mol. The summed E-state index contributed by atoms with van der Waals surface area (Å²) < 4.78 is 0. The molecule has 0 fully saturated rings. The fourth-order valence-electron chi connectivity index (χ4n) is 0.860. The molecule has 0 aliphatic carbocycles. The van der Waals surface area contributed by atoms with E-state index in [1.165, 1.54) is 11.1 Å². The van der Waals surface area contributed by atoms with E-state index < -0.39 is 0 Å². The van der Waals surface area contributed by atoms with Crippen LogP contribution in [0, 0.1) is 0 Å². The van der Waals surface area contributed by atoms with Crippen LogP contribution in [0.3, 0.4) is 0 Å². The van der Waals surface area contributed by atoms with Crippen molar-refractivity contribution >= 4 is 0 Å². The predicted molar refractivity (Wildman–Crippen MR) is 48.0 cm³/mol. The zero-order valence-corrected chi connectivity index (χ0v) is 7.15. The molecule has 0 saturated carbocycles. The topological polar surface area (TPSA) is 0 Å². The molecule has 0 aliphatic rings. The minimum Gasteiger partial charge on any atom is -0.0988 e. The van der Waals surface area contributed by atoms with Crippen LogP contribution in [0.2, 0.25) is 0 Å². The van der Waals surface area contributed by atoms with Crippen LogP contribution in [0.1, 0.15) is 27.2 Å². The fourth-order valence-corrected chi connectivity index (χ4v) is 0.860. The lowest BCUT2D eigenvalue weighted by atomic mass is 10.1. The fraction of sp³-hybridized carbons (Fsp3) is 0.400. The van der Waals surface area contributed by atoms with E-state index in [9.17, 15) is 0 Å². The zero-order valence-electron chi connectivity index (χ0n) is 7.15. The van der Waals surface area contributed by atoms with E-state index in [0.29, 0.717) is 0 Å². The van der Waals surface area contributed by atoms with Gasteiger partial charge in [0.15, 0.2) is 0 Å². The Morgan fingerprint density at radius 3 is 2.40 bits per heavy atom. The van der Waals surface area contributed by atoms with Gasteiger partial charge in [0.1, 0.15) is 0 Å². The molecule has 0 aromatic carbocycles. The van der Waals surface area contributed by atoms with Gasteiger partial charge in [0.25, 0.3) is 0 Å². The maximum absolute atomic E-state index is 3.72. The van der Waals surface area contributed by atoms with Gasteiger partial charge in [0.05, 0.1) is 0 Å². The van der Waals surface area contributed by atoms with Crippen LogP contribution in [0.15, 0.2) is 36.0 Å². The highest BCUT2D eigenvalue weighted by Crippen LogP contribution is 2.10. The van der Waals surface area contributed by atoms with Crippen LogP contribution in [0.25, 0.3) is 0 Å². The van der Waals surface area contributed by atoms with Crippen LogP contribution >= 0.6 is 0 Å². The van der Waals surface area contributed by atoms with Gasteiger partial charge in [-0.2, -0.15) is 0 Å². The van der Waals surface area contributed by atoms with Gasteiger partial charge >= 0.3 is 0 Å². The van der Waals surface area contributed by atoms with Crippen molar-refractivity contribution in [2.75, 3.05) is 0 Å². The van der Waals surface area contributed by atoms with Gasteiger partial charge in [-0.25, -0.2) is 0 Å². The molecule has 0 amide bonds. The third kappa shape index (κ3) is 2.67. The number of hydrogen-bond donors (Lipinski definition) is 0. The third-order valence-corrected chi connectivity index (χ3v) is 1.56. The maximum atomic E-state index is 3.72. The van der Waals surface area contributed by atoms with Crippen molar-refractivity contribution in [1.82, 2.24) is 0 Å². The van der Waals surface area contributed by atoms with Crippen molar-refractivity contribution in [2.24, 2.45) is 0 Å². The quantitative estimate of drug-likeness (QED) is 0.521. The van der Waals surface area contributed by atoms with Crippen molar-refractivity contribution in [3.63, 3.8) is 0 Å². The molecule has 0 aromatic heterocycles. The smallest absolute Gasteiger partial charge is 0.0305 e. The van der Waals surface area contributed by atoms with E-state index in [-0.39, 0.29) is 0 Å². The summed E-state index contributed by atoms with van der Waals surface area (Å²) in [5.74, 6) is 0. The number of hydrogen-bond acceptors (Lipinski definition) is 0. The van der Waals surface area contributed by atoms with Gasteiger partial charge in [-0.05, 0) is 31.4 Å². The lowest BCUT2D eigenvalue weighted by molar-refractivity contribution is 1.12. The van der Waals surface area contributed by atoms with Crippen molar-refractivity contribution in [3.05, 3.63) is 36.0 Å². The van der Waals surface area contributed by atoms with Crippen molar-refractivity contribution in [3.8, 4) is 0 Å². The molecule has 0 radical (unpaired) electrons. The number of rotatable bonds is 3. The molecule has 0 aliphatic heterocycles. The average Bonchev–Trinajstić information content (AvgIpc) is 1.99. The Morgan fingerprint density at radius 1 is 1.50 bits per heavy atom. The van der Waals surface area contributed by atoms with Gasteiger partial charge in [0.2, 0.25) is 0 Å². The summed E-state index contributed by atoms with van der Waals surface area (Å²) in [7, 11) is 0. The molecule has 0 unspecified atom stereocenters. The highest BCUT2D eigenvalue weighted by Gasteiger charge is 1.89. The minimum atomic E-state index is 1.09. The SMILES string of the molecule is C=C/C(C)=C(\C=C\C)CC. The molecule has 0 saturated heterocycles. The molecule has 0 aromatic rings. The average molecular weight is 136 g/mol. The minimum absolute atomic E-state index is 1.09. The second-order valence-electron chi connectivity index (χ2n) is 2.27. The van der Waals surface area contributed by atoms with Crippen LogP contribution in [0.5, 0.6) is 0 Å². The van der Waals surface area contributed by atoms with E-state index in [1.807, 2.05) is 13.0 Å². The Balaban J connectivity index is 4.44. The Bertz CT molecular complexity index is 159. The molecule has 0 N–H and O–H groups in total. The Kier molecular flexibility index (Phi) is 4.65. The molecule has 0 spiro atoms. The summed E-state index contributed by atoms with van der Waals surface area (Å²) in [6, 6.07) is 0. The maximum Gasteiger partial charge on any atom is -0.0305 e. The Hall–Kier alpha value is -0.780. The molecule has 0 atom stereocenters. The van der Waals surface area contributed by atoms with Gasteiger partial charge in [-0.15, -0.1) is 0 Å².